The molecule has 2 aliphatic rings. The number of esters is 1. The van der Waals surface area contributed by atoms with Gasteiger partial charge in [0.1, 0.15) is 0 Å². The van der Waals surface area contributed by atoms with Gasteiger partial charge in [0.2, 0.25) is 0 Å². The van der Waals surface area contributed by atoms with Crippen molar-refractivity contribution in [1.82, 2.24) is 7.06 Å². The van der Waals surface area contributed by atoms with Crippen LogP contribution in [0.2, 0.25) is 0 Å². The Kier molecular flexibility index (Phi) is 4.55. The molecule has 2 fully saturated rings. The van der Waals surface area contributed by atoms with E-state index in [0.717, 1.165) is 12.8 Å². The van der Waals surface area contributed by atoms with Gasteiger partial charge < -0.3 is 0 Å². The molecular formula is C10H18I2N2O3. The Morgan fingerprint density at radius 2 is 1.94 bits per heavy atom. The van der Waals surface area contributed by atoms with E-state index in [1.165, 1.54) is 0 Å². The first-order valence-corrected chi connectivity index (χ1v) is 10.2. The first kappa shape index (κ1) is 14.2. The minimum absolute atomic E-state index is 0.0201. The first-order valence-electron chi connectivity index (χ1n) is 5.71. The van der Waals surface area contributed by atoms with Crippen LogP contribution >= 0.6 is 43.0 Å². The summed E-state index contributed by atoms with van der Waals surface area (Å²) in [4.78, 5) is 12.0. The van der Waals surface area contributed by atoms with Gasteiger partial charge in [-0.05, 0) is 0 Å². The summed E-state index contributed by atoms with van der Waals surface area (Å²) in [5.41, 5.74) is 0. The summed E-state index contributed by atoms with van der Waals surface area (Å²) in [6, 6.07) is 0. The number of alkyl halides is 2. The summed E-state index contributed by atoms with van der Waals surface area (Å²) >= 11 is 1.09. The molecule has 0 amide bonds. The molecule has 2 rings (SSSR count). The van der Waals surface area contributed by atoms with Crippen LogP contribution in [0.25, 0.3) is 0 Å². The number of hydrogen-bond donors (Lipinski definition) is 2. The van der Waals surface area contributed by atoms with Gasteiger partial charge in [-0.2, -0.15) is 0 Å². The van der Waals surface area contributed by atoms with Gasteiger partial charge in [0.25, 0.3) is 0 Å². The molecule has 0 spiro atoms. The molecule has 5 nitrogen and oxygen atoms in total. The molecule has 2 aliphatic heterocycles. The Morgan fingerprint density at radius 3 is 2.29 bits per heavy atom. The molecule has 0 bridgehead atoms. The van der Waals surface area contributed by atoms with Crippen LogP contribution in [0.3, 0.4) is 0 Å². The summed E-state index contributed by atoms with van der Waals surface area (Å²) in [7, 11) is 1.60. The molecule has 2 unspecified atom stereocenters. The molecule has 2 heterocycles. The predicted molar refractivity (Wildman–Crippen MR) is 81.8 cm³/mol. The number of nitrogens with one attached hydrogen (secondary N) is 2. The molecule has 2 N–H and O–H groups in total. The van der Waals surface area contributed by atoms with Crippen molar-refractivity contribution in [2.24, 2.45) is 5.92 Å². The molecule has 0 aromatic heterocycles. The van der Waals surface area contributed by atoms with E-state index in [1.807, 2.05) is 0 Å². The number of carbonyl (C=O) groups is 1. The third kappa shape index (κ3) is 2.72. The standard InChI is InChI=1S/C10H18I2N2O3/c1-4-6(5-2)9(16-3)17-8(15)7(11)10-12(13-10)14-10/h6-7,9,13-14H,4-5H2,1-3H3. The van der Waals surface area contributed by atoms with Crippen molar-refractivity contribution in [2.75, 3.05) is 7.11 Å². The van der Waals surface area contributed by atoms with Gasteiger partial charge in [-0.15, -0.1) is 0 Å². The van der Waals surface area contributed by atoms with Crippen LogP contribution in [0.1, 0.15) is 26.7 Å². The second-order valence-corrected chi connectivity index (χ2v) is 9.81. The van der Waals surface area contributed by atoms with Crippen LogP contribution in [0.5, 0.6) is 0 Å². The SMILES string of the molecule is CCC(CC)C(OC)OC(=O)C(I)C12NI1N2. The van der Waals surface area contributed by atoms with E-state index in [9.17, 15) is 4.79 Å². The quantitative estimate of drug-likeness (QED) is 0.114. The average Bonchev–Trinajstić information content (AvgIpc) is 3.16. The number of ether oxygens (including phenoxy) is 2. The fourth-order valence-electron chi connectivity index (χ4n) is 1.78. The van der Waals surface area contributed by atoms with E-state index < -0.39 is 26.7 Å². The van der Waals surface area contributed by atoms with E-state index in [4.69, 9.17) is 9.47 Å². The van der Waals surface area contributed by atoms with Crippen molar-refractivity contribution in [1.29, 1.82) is 0 Å². The Morgan fingerprint density at radius 1 is 1.41 bits per heavy atom. The Bertz CT molecular complexity index is 306. The Hall–Kier alpha value is 0.810. The summed E-state index contributed by atoms with van der Waals surface area (Å²) in [6.45, 7) is 4.17. The molecule has 7 heteroatoms. The van der Waals surface area contributed by atoms with Crippen LogP contribution < -0.4 is 7.06 Å². The molecule has 0 aromatic carbocycles. The fraction of sp³-hybridized carbons (Fsp3) is 0.900. The van der Waals surface area contributed by atoms with Gasteiger partial charge in [-0.1, -0.05) is 0 Å². The third-order valence-electron chi connectivity index (χ3n) is 3.15. The summed E-state index contributed by atoms with van der Waals surface area (Å²) in [5.74, 6) is 0.112. The van der Waals surface area contributed by atoms with Crippen LogP contribution in [0.15, 0.2) is 0 Å². The third-order valence-corrected chi connectivity index (χ3v) is 10.3. The van der Waals surface area contributed by atoms with E-state index in [2.05, 4.69) is 43.5 Å². The first-order chi connectivity index (χ1) is 8.08. The van der Waals surface area contributed by atoms with Gasteiger partial charge in [0.05, 0.1) is 0 Å². The van der Waals surface area contributed by atoms with Gasteiger partial charge in [-0.3, -0.25) is 0 Å². The molecule has 0 radical (unpaired) electrons. The van der Waals surface area contributed by atoms with Gasteiger partial charge >= 0.3 is 124 Å². The van der Waals surface area contributed by atoms with Crippen molar-refractivity contribution in [3.63, 3.8) is 0 Å². The second kappa shape index (κ2) is 5.43. The van der Waals surface area contributed by atoms with E-state index in [0.29, 0.717) is 0 Å². The molecule has 0 aliphatic carbocycles. The van der Waals surface area contributed by atoms with Crippen molar-refractivity contribution < 1.29 is 14.3 Å². The van der Waals surface area contributed by atoms with Crippen molar-refractivity contribution in [2.45, 2.75) is 40.6 Å². The molecular weight excluding hydrogens is 450 g/mol. The number of halogens is 2. The number of fused-ring (bicyclic) bond motifs is 1. The molecule has 100 valence electrons. The molecule has 0 saturated carbocycles. The number of rotatable bonds is 7. The number of hydrogen-bond acceptors (Lipinski definition) is 5. The van der Waals surface area contributed by atoms with Gasteiger partial charge in [0.15, 0.2) is 0 Å². The van der Waals surface area contributed by atoms with Gasteiger partial charge in [0, 0.05) is 0 Å². The van der Waals surface area contributed by atoms with E-state index >= 15 is 0 Å². The number of carbonyl (C=O) groups excluding carboxylic acids is 1. The fourth-order valence-corrected chi connectivity index (χ4v) is 9.16. The van der Waals surface area contributed by atoms with Crippen LogP contribution in [0, 0.1) is 5.92 Å². The Labute approximate surface area is 123 Å². The second-order valence-electron chi connectivity index (χ2n) is 4.16. The molecule has 17 heavy (non-hydrogen) atoms. The summed E-state index contributed by atoms with van der Waals surface area (Å²) in [5, 5.41) is 0. The molecule has 2 saturated heterocycles. The van der Waals surface area contributed by atoms with Crippen molar-refractivity contribution in [3.8, 4) is 0 Å². The van der Waals surface area contributed by atoms with Gasteiger partial charge in [-0.25, -0.2) is 0 Å². The maximum atomic E-state index is 12.0. The van der Waals surface area contributed by atoms with E-state index in [1.54, 1.807) is 7.11 Å². The van der Waals surface area contributed by atoms with E-state index in [-0.39, 0.29) is 19.5 Å². The normalized spacial score (nSPS) is 25.1. The zero-order valence-electron chi connectivity index (χ0n) is 10.1. The summed E-state index contributed by atoms with van der Waals surface area (Å²) in [6.07, 6.45) is 1.49. The van der Waals surface area contributed by atoms with Crippen molar-refractivity contribution in [3.05, 3.63) is 0 Å². The zero-order chi connectivity index (χ0) is 12.6. The van der Waals surface area contributed by atoms with Crippen LogP contribution in [-0.4, -0.2) is 27.0 Å². The molecule has 0 aromatic rings. The monoisotopic (exact) mass is 468 g/mol. The topological polar surface area (TPSA) is 79.4 Å². The maximum absolute atomic E-state index is 12.0. The Balaban J connectivity index is 1.87. The van der Waals surface area contributed by atoms with Crippen molar-refractivity contribution >= 4 is 48.9 Å². The van der Waals surface area contributed by atoms with Crippen LogP contribution in [0.4, 0.5) is 0 Å². The number of methoxy groups -OCH3 is 1. The minimum atomic E-state index is -1.07. The summed E-state index contributed by atoms with van der Waals surface area (Å²) < 4.78 is 17.3. The van der Waals surface area contributed by atoms with Crippen LogP contribution in [-0.2, 0) is 14.3 Å². The average molecular weight is 468 g/mol. The molecule has 2 atom stereocenters. The predicted octanol–water partition coefficient (Wildman–Crippen LogP) is 1.94. The zero-order valence-corrected chi connectivity index (χ0v) is 14.4.